The van der Waals surface area contributed by atoms with Crippen molar-refractivity contribution in [3.8, 4) is 0 Å². The predicted octanol–water partition coefficient (Wildman–Crippen LogP) is 5.54. The molecule has 0 aliphatic rings. The van der Waals surface area contributed by atoms with E-state index >= 15 is 0 Å². The van der Waals surface area contributed by atoms with Crippen LogP contribution in [0.2, 0.25) is 15.1 Å². The topological polar surface area (TPSA) is 55.4 Å². The van der Waals surface area contributed by atoms with Gasteiger partial charge in [-0.15, -0.1) is 0 Å². The van der Waals surface area contributed by atoms with E-state index in [0.29, 0.717) is 26.3 Å². The van der Waals surface area contributed by atoms with Gasteiger partial charge in [0.15, 0.2) is 6.10 Å². The molecule has 0 fully saturated rings. The molecular formula is C19H16Cl3NO3. The van der Waals surface area contributed by atoms with E-state index in [1.165, 1.54) is 19.1 Å². The molecule has 7 heteroatoms. The third kappa shape index (κ3) is 5.49. The SMILES string of the molecule is Cc1c(Cl)cccc1NC(=O)C(C)OC(=O)C=Cc1ccc(Cl)c(Cl)c1. The number of anilines is 1. The normalized spacial score (nSPS) is 12.0. The van der Waals surface area contributed by atoms with Gasteiger partial charge in [0.2, 0.25) is 0 Å². The summed E-state index contributed by atoms with van der Waals surface area (Å²) in [5.74, 6) is -1.10. The first-order valence-corrected chi connectivity index (χ1v) is 8.81. The first kappa shape index (κ1) is 20.3. The molecular weight excluding hydrogens is 397 g/mol. The lowest BCUT2D eigenvalue weighted by molar-refractivity contribution is -0.148. The monoisotopic (exact) mass is 411 g/mol. The molecule has 0 aromatic heterocycles. The Morgan fingerprint density at radius 2 is 1.81 bits per heavy atom. The van der Waals surface area contributed by atoms with Crippen molar-refractivity contribution in [3.63, 3.8) is 0 Å². The number of halogens is 3. The summed E-state index contributed by atoms with van der Waals surface area (Å²) in [6.45, 7) is 3.27. The van der Waals surface area contributed by atoms with E-state index in [4.69, 9.17) is 39.5 Å². The first-order valence-electron chi connectivity index (χ1n) is 7.67. The maximum absolute atomic E-state index is 12.2. The van der Waals surface area contributed by atoms with Gasteiger partial charge in [-0.2, -0.15) is 0 Å². The molecule has 136 valence electrons. The highest BCUT2D eigenvalue weighted by atomic mass is 35.5. The minimum atomic E-state index is -0.973. The standard InChI is InChI=1S/C19H16Cl3NO3/c1-11-14(20)4-3-5-17(11)23-19(25)12(2)26-18(24)9-7-13-6-8-15(21)16(22)10-13/h3-10,12H,1-2H3,(H,23,25). The van der Waals surface area contributed by atoms with Crippen LogP contribution < -0.4 is 5.32 Å². The largest absolute Gasteiger partial charge is 0.449 e. The van der Waals surface area contributed by atoms with Crippen molar-refractivity contribution in [1.29, 1.82) is 0 Å². The van der Waals surface area contributed by atoms with Crippen molar-refractivity contribution in [2.75, 3.05) is 5.32 Å². The lowest BCUT2D eigenvalue weighted by Gasteiger charge is -2.14. The fourth-order valence-electron chi connectivity index (χ4n) is 2.02. The first-order chi connectivity index (χ1) is 12.3. The number of nitrogens with one attached hydrogen (secondary N) is 1. The average Bonchev–Trinajstić information content (AvgIpc) is 2.60. The molecule has 0 spiro atoms. The van der Waals surface area contributed by atoms with Crippen molar-refractivity contribution in [2.24, 2.45) is 0 Å². The van der Waals surface area contributed by atoms with Crippen LogP contribution in [0, 0.1) is 6.92 Å². The van der Waals surface area contributed by atoms with Crippen LogP contribution in [-0.4, -0.2) is 18.0 Å². The van der Waals surface area contributed by atoms with Crippen molar-refractivity contribution in [2.45, 2.75) is 20.0 Å². The highest BCUT2D eigenvalue weighted by Crippen LogP contribution is 2.24. The predicted molar refractivity (Wildman–Crippen MR) is 106 cm³/mol. The second kappa shape index (κ2) is 9.08. The Balaban J connectivity index is 1.95. The van der Waals surface area contributed by atoms with Gasteiger partial charge in [0.25, 0.3) is 5.91 Å². The molecule has 1 amide bonds. The average molecular weight is 413 g/mol. The highest BCUT2D eigenvalue weighted by Gasteiger charge is 2.17. The van der Waals surface area contributed by atoms with Gasteiger partial charge >= 0.3 is 5.97 Å². The number of rotatable bonds is 5. The number of hydrogen-bond acceptors (Lipinski definition) is 3. The van der Waals surface area contributed by atoms with Crippen LogP contribution in [0.1, 0.15) is 18.1 Å². The number of hydrogen-bond donors (Lipinski definition) is 1. The molecule has 2 aromatic rings. The Hall–Kier alpha value is -2.01. The minimum Gasteiger partial charge on any atom is -0.449 e. The molecule has 0 saturated carbocycles. The zero-order valence-electron chi connectivity index (χ0n) is 14.1. The number of benzene rings is 2. The zero-order chi connectivity index (χ0) is 19.3. The molecule has 26 heavy (non-hydrogen) atoms. The number of amides is 1. The summed E-state index contributed by atoms with van der Waals surface area (Å²) in [6.07, 6.45) is 1.77. The molecule has 4 nitrogen and oxygen atoms in total. The molecule has 0 aliphatic heterocycles. The molecule has 1 unspecified atom stereocenters. The van der Waals surface area contributed by atoms with E-state index < -0.39 is 18.0 Å². The molecule has 1 N–H and O–H groups in total. The lowest BCUT2D eigenvalue weighted by atomic mass is 10.2. The third-order valence-electron chi connectivity index (χ3n) is 3.54. The van der Waals surface area contributed by atoms with Gasteiger partial charge in [0.1, 0.15) is 0 Å². The quantitative estimate of drug-likeness (QED) is 0.518. The lowest BCUT2D eigenvalue weighted by Crippen LogP contribution is -2.29. The van der Waals surface area contributed by atoms with Crippen molar-refractivity contribution in [1.82, 2.24) is 0 Å². The van der Waals surface area contributed by atoms with Crippen LogP contribution in [0.5, 0.6) is 0 Å². The molecule has 0 heterocycles. The van der Waals surface area contributed by atoms with Gasteiger partial charge < -0.3 is 10.1 Å². The molecule has 0 bridgehead atoms. The summed E-state index contributed by atoms with van der Waals surface area (Å²) in [4.78, 5) is 24.1. The minimum absolute atomic E-state index is 0.381. The van der Waals surface area contributed by atoms with E-state index in [2.05, 4.69) is 5.32 Å². The van der Waals surface area contributed by atoms with Crippen molar-refractivity contribution < 1.29 is 14.3 Å². The third-order valence-corrected chi connectivity index (χ3v) is 4.69. The Morgan fingerprint density at radius 3 is 2.50 bits per heavy atom. The van der Waals surface area contributed by atoms with E-state index in [0.717, 1.165) is 5.56 Å². The van der Waals surface area contributed by atoms with Gasteiger partial charge in [0, 0.05) is 16.8 Å². The zero-order valence-corrected chi connectivity index (χ0v) is 16.3. The van der Waals surface area contributed by atoms with E-state index in [9.17, 15) is 9.59 Å². The fraction of sp³-hybridized carbons (Fsp3) is 0.158. The van der Waals surface area contributed by atoms with E-state index in [1.807, 2.05) is 0 Å². The Bertz CT molecular complexity index is 865. The molecule has 2 aromatic carbocycles. The molecule has 1 atom stereocenters. The van der Waals surface area contributed by atoms with Crippen LogP contribution in [0.15, 0.2) is 42.5 Å². The number of esters is 1. The second-order valence-electron chi connectivity index (χ2n) is 5.49. The van der Waals surface area contributed by atoms with E-state index in [1.54, 1.807) is 43.3 Å². The summed E-state index contributed by atoms with van der Waals surface area (Å²) in [7, 11) is 0. The molecule has 0 radical (unpaired) electrons. The Labute approximate surface area is 166 Å². The van der Waals surface area contributed by atoms with Gasteiger partial charge in [-0.25, -0.2) is 4.79 Å². The maximum Gasteiger partial charge on any atom is 0.331 e. The summed E-state index contributed by atoms with van der Waals surface area (Å²) in [6, 6.07) is 10.1. The van der Waals surface area contributed by atoms with Gasteiger partial charge in [-0.1, -0.05) is 46.9 Å². The molecule has 0 saturated heterocycles. The van der Waals surface area contributed by atoms with Crippen molar-refractivity contribution >= 4 is 58.4 Å². The smallest absolute Gasteiger partial charge is 0.331 e. The van der Waals surface area contributed by atoms with Crippen LogP contribution in [0.4, 0.5) is 5.69 Å². The number of carbonyl (C=O) groups is 2. The van der Waals surface area contributed by atoms with Gasteiger partial charge in [0.05, 0.1) is 10.0 Å². The van der Waals surface area contributed by atoms with Gasteiger partial charge in [-0.05, 0) is 55.3 Å². The summed E-state index contributed by atoms with van der Waals surface area (Å²) in [5.41, 5.74) is 1.99. The van der Waals surface area contributed by atoms with Crippen LogP contribution in [0.25, 0.3) is 6.08 Å². The molecule has 0 aliphatic carbocycles. The summed E-state index contributed by atoms with van der Waals surface area (Å²) < 4.78 is 5.10. The number of carbonyl (C=O) groups excluding carboxylic acids is 2. The van der Waals surface area contributed by atoms with Crippen LogP contribution in [-0.2, 0) is 14.3 Å². The summed E-state index contributed by atoms with van der Waals surface area (Å²) >= 11 is 17.8. The fourth-order valence-corrected chi connectivity index (χ4v) is 2.51. The molecule has 2 rings (SSSR count). The number of ether oxygens (including phenoxy) is 1. The van der Waals surface area contributed by atoms with Gasteiger partial charge in [-0.3, -0.25) is 4.79 Å². The Morgan fingerprint density at radius 1 is 1.08 bits per heavy atom. The Kier molecular flexibility index (Phi) is 7.09. The van der Waals surface area contributed by atoms with Crippen molar-refractivity contribution in [3.05, 3.63) is 68.7 Å². The highest BCUT2D eigenvalue weighted by molar-refractivity contribution is 6.42. The second-order valence-corrected chi connectivity index (χ2v) is 6.71. The van der Waals surface area contributed by atoms with Crippen LogP contribution in [0.3, 0.4) is 0 Å². The summed E-state index contributed by atoms with van der Waals surface area (Å²) in [5, 5.41) is 4.03. The van der Waals surface area contributed by atoms with E-state index in [-0.39, 0.29) is 0 Å². The maximum atomic E-state index is 12.2. The van der Waals surface area contributed by atoms with Crippen LogP contribution >= 0.6 is 34.8 Å².